The zero-order valence-corrected chi connectivity index (χ0v) is 18.6. The number of hydrogen-bond donors (Lipinski definition) is 0. The Hall–Kier alpha value is -3.17. The van der Waals surface area contributed by atoms with E-state index in [2.05, 4.69) is 9.89 Å². The van der Waals surface area contributed by atoms with Crippen LogP contribution in [0.4, 0.5) is 0 Å². The predicted octanol–water partition coefficient (Wildman–Crippen LogP) is 0.873. The first-order valence-electron chi connectivity index (χ1n) is 10.8. The van der Waals surface area contributed by atoms with E-state index < -0.39 is 6.04 Å². The number of fused-ring (bicyclic) bond motifs is 2. The lowest BCUT2D eigenvalue weighted by atomic mass is 9.90. The summed E-state index contributed by atoms with van der Waals surface area (Å²) in [5.41, 5.74) is 4.07. The number of likely N-dealkylation sites (N-methyl/N-ethyl adjacent to an activating group) is 1. The SMILES string of the molecule is COc1c(C2=CN(C)C(=O)C3N=CC=C23)ccc2c1n(CCN1CCOCC1)c(=O)n2C. The summed E-state index contributed by atoms with van der Waals surface area (Å²) in [4.78, 5) is 33.9. The molecule has 0 aliphatic carbocycles. The van der Waals surface area contributed by atoms with Crippen LogP contribution >= 0.6 is 0 Å². The van der Waals surface area contributed by atoms with Gasteiger partial charge in [0.15, 0.2) is 11.8 Å². The Bertz CT molecular complexity index is 1230. The second-order valence-electron chi connectivity index (χ2n) is 8.28. The van der Waals surface area contributed by atoms with E-state index >= 15 is 0 Å². The predicted molar refractivity (Wildman–Crippen MR) is 122 cm³/mol. The molecule has 0 radical (unpaired) electrons. The second-order valence-corrected chi connectivity index (χ2v) is 8.28. The quantitative estimate of drug-likeness (QED) is 0.694. The molecule has 0 N–H and O–H groups in total. The molecule has 0 saturated carbocycles. The van der Waals surface area contributed by atoms with Gasteiger partial charge in [-0.15, -0.1) is 0 Å². The maximum atomic E-state index is 13.1. The first-order valence-corrected chi connectivity index (χ1v) is 10.8. The van der Waals surface area contributed by atoms with Gasteiger partial charge in [-0.1, -0.05) is 0 Å². The number of hydrogen-bond acceptors (Lipinski definition) is 6. The van der Waals surface area contributed by atoms with Gasteiger partial charge in [0.25, 0.3) is 5.91 Å². The third-order valence-electron chi connectivity index (χ3n) is 6.50. The Morgan fingerprint density at radius 3 is 2.69 bits per heavy atom. The van der Waals surface area contributed by atoms with Gasteiger partial charge >= 0.3 is 5.69 Å². The third-order valence-corrected chi connectivity index (χ3v) is 6.50. The van der Waals surface area contributed by atoms with Crippen molar-refractivity contribution in [2.45, 2.75) is 12.6 Å². The van der Waals surface area contributed by atoms with E-state index in [1.54, 1.807) is 41.5 Å². The molecule has 1 fully saturated rings. The molecule has 1 aromatic carbocycles. The van der Waals surface area contributed by atoms with Crippen LogP contribution in [0.1, 0.15) is 5.56 Å². The monoisotopic (exact) mass is 437 g/mol. The van der Waals surface area contributed by atoms with E-state index in [1.165, 1.54) is 0 Å². The lowest BCUT2D eigenvalue weighted by Gasteiger charge is -2.28. The second kappa shape index (κ2) is 8.07. The number of aryl methyl sites for hydroxylation is 1. The molecule has 2 aromatic rings. The average Bonchev–Trinajstić information content (AvgIpc) is 3.39. The normalized spacial score (nSPS) is 21.2. The van der Waals surface area contributed by atoms with Crippen LogP contribution in [0, 0.1) is 0 Å². The van der Waals surface area contributed by atoms with Gasteiger partial charge in [-0.3, -0.25) is 23.8 Å². The summed E-state index contributed by atoms with van der Waals surface area (Å²) in [6.45, 7) is 4.49. The summed E-state index contributed by atoms with van der Waals surface area (Å²) >= 11 is 0. The highest BCUT2D eigenvalue weighted by atomic mass is 16.5. The number of benzene rings is 1. The largest absolute Gasteiger partial charge is 0.494 e. The Balaban J connectivity index is 1.62. The maximum absolute atomic E-state index is 13.1. The Labute approximate surface area is 185 Å². The van der Waals surface area contributed by atoms with Gasteiger partial charge in [0.05, 0.1) is 25.8 Å². The number of rotatable bonds is 5. The lowest BCUT2D eigenvalue weighted by molar-refractivity contribution is -0.128. The van der Waals surface area contributed by atoms with Gasteiger partial charge in [0.2, 0.25) is 0 Å². The molecule has 168 valence electrons. The fraction of sp³-hybridized carbons (Fsp3) is 0.435. The van der Waals surface area contributed by atoms with E-state index in [0.717, 1.165) is 60.6 Å². The van der Waals surface area contributed by atoms with E-state index in [1.807, 2.05) is 24.4 Å². The van der Waals surface area contributed by atoms with E-state index in [4.69, 9.17) is 9.47 Å². The highest BCUT2D eigenvalue weighted by Gasteiger charge is 2.35. The molecule has 1 unspecified atom stereocenters. The number of nitrogens with zero attached hydrogens (tertiary/aromatic N) is 5. The van der Waals surface area contributed by atoms with Gasteiger partial charge in [0.1, 0.15) is 5.52 Å². The number of methoxy groups -OCH3 is 1. The van der Waals surface area contributed by atoms with Crippen molar-refractivity contribution < 1.29 is 14.3 Å². The molecule has 4 heterocycles. The molecule has 5 rings (SSSR count). The summed E-state index contributed by atoms with van der Waals surface area (Å²) < 4.78 is 14.8. The van der Waals surface area contributed by atoms with Crippen LogP contribution in [-0.2, 0) is 23.1 Å². The number of imidazole rings is 1. The number of carbonyl (C=O) groups excluding carboxylic acids is 1. The molecule has 32 heavy (non-hydrogen) atoms. The summed E-state index contributed by atoms with van der Waals surface area (Å²) in [7, 11) is 5.14. The third kappa shape index (κ3) is 3.20. The van der Waals surface area contributed by atoms with Crippen LogP contribution in [-0.4, -0.2) is 84.1 Å². The summed E-state index contributed by atoms with van der Waals surface area (Å²) in [6, 6.07) is 3.38. The fourth-order valence-electron chi connectivity index (χ4n) is 4.73. The first kappa shape index (κ1) is 20.7. The average molecular weight is 438 g/mol. The van der Waals surface area contributed by atoms with Gasteiger partial charge in [0, 0.05) is 63.8 Å². The number of ether oxygens (including phenoxy) is 2. The van der Waals surface area contributed by atoms with E-state index in [-0.39, 0.29) is 11.6 Å². The summed E-state index contributed by atoms with van der Waals surface area (Å²) in [5.74, 6) is 0.568. The fourth-order valence-corrected chi connectivity index (χ4v) is 4.73. The molecule has 3 aliphatic heterocycles. The number of morpholine rings is 1. The van der Waals surface area contributed by atoms with Crippen LogP contribution in [0.3, 0.4) is 0 Å². The van der Waals surface area contributed by atoms with Crippen molar-refractivity contribution in [1.29, 1.82) is 0 Å². The molecular weight excluding hydrogens is 410 g/mol. The van der Waals surface area contributed by atoms with Crippen molar-refractivity contribution in [3.05, 3.63) is 46.0 Å². The van der Waals surface area contributed by atoms with Crippen LogP contribution in [0.25, 0.3) is 16.6 Å². The molecule has 1 saturated heterocycles. The van der Waals surface area contributed by atoms with Crippen molar-refractivity contribution in [2.75, 3.05) is 47.0 Å². The first-order chi connectivity index (χ1) is 15.5. The molecule has 0 spiro atoms. The number of aromatic nitrogens is 2. The van der Waals surface area contributed by atoms with Crippen molar-refractivity contribution in [3.63, 3.8) is 0 Å². The smallest absolute Gasteiger partial charge is 0.328 e. The van der Waals surface area contributed by atoms with Crippen molar-refractivity contribution in [3.8, 4) is 5.75 Å². The summed E-state index contributed by atoms with van der Waals surface area (Å²) in [6.07, 6.45) is 5.38. The van der Waals surface area contributed by atoms with E-state index in [9.17, 15) is 9.59 Å². The van der Waals surface area contributed by atoms with Gasteiger partial charge in [-0.2, -0.15) is 0 Å². The lowest BCUT2D eigenvalue weighted by Crippen LogP contribution is -2.39. The van der Waals surface area contributed by atoms with Crippen molar-refractivity contribution in [2.24, 2.45) is 12.0 Å². The van der Waals surface area contributed by atoms with Gasteiger partial charge in [-0.05, 0) is 23.8 Å². The number of carbonyl (C=O) groups is 1. The zero-order chi connectivity index (χ0) is 22.4. The minimum absolute atomic E-state index is 0.0593. The van der Waals surface area contributed by atoms with Crippen LogP contribution in [0.5, 0.6) is 5.75 Å². The maximum Gasteiger partial charge on any atom is 0.328 e. The van der Waals surface area contributed by atoms with Crippen LogP contribution in [0.15, 0.2) is 39.8 Å². The summed E-state index contributed by atoms with van der Waals surface area (Å²) in [5, 5.41) is 0. The van der Waals surface area contributed by atoms with Crippen LogP contribution < -0.4 is 10.4 Å². The minimum atomic E-state index is -0.528. The van der Waals surface area contributed by atoms with Gasteiger partial charge in [-0.25, -0.2) is 4.79 Å². The Morgan fingerprint density at radius 1 is 1.16 bits per heavy atom. The molecule has 9 nitrogen and oxygen atoms in total. The topological polar surface area (TPSA) is 81.3 Å². The zero-order valence-electron chi connectivity index (χ0n) is 18.6. The molecule has 1 amide bonds. The van der Waals surface area contributed by atoms with Gasteiger partial charge < -0.3 is 14.4 Å². The number of aliphatic imine (C=N–C) groups is 1. The van der Waals surface area contributed by atoms with Crippen LogP contribution in [0.2, 0.25) is 0 Å². The number of amides is 1. The Morgan fingerprint density at radius 2 is 1.94 bits per heavy atom. The number of allylic oxidation sites excluding steroid dienone is 1. The van der Waals surface area contributed by atoms with Crippen molar-refractivity contribution in [1.82, 2.24) is 18.9 Å². The highest BCUT2D eigenvalue weighted by Crippen LogP contribution is 2.41. The standard InChI is InChI=1S/C23H27N5O4/c1-25-14-17(15-6-7-24-19(15)22(25)29)16-4-5-18-20(21(16)31-3)28(23(30)26(18)2)9-8-27-10-12-32-13-11-27/h4-7,14,19H,8-13H2,1-3H3. The van der Waals surface area contributed by atoms with E-state index in [0.29, 0.717) is 12.3 Å². The molecule has 1 atom stereocenters. The molecule has 3 aliphatic rings. The molecular formula is C23H27N5O4. The Kier molecular flexibility index (Phi) is 5.22. The van der Waals surface area contributed by atoms with Crippen molar-refractivity contribution >= 4 is 28.7 Å². The molecule has 1 aromatic heterocycles. The molecule has 0 bridgehead atoms. The minimum Gasteiger partial charge on any atom is -0.494 e. The molecule has 9 heteroatoms. The highest BCUT2D eigenvalue weighted by molar-refractivity contribution is 6.05.